The van der Waals surface area contributed by atoms with Gasteiger partial charge in [-0.3, -0.25) is 4.79 Å². The fourth-order valence-corrected chi connectivity index (χ4v) is 2.81. The van der Waals surface area contributed by atoms with Crippen LogP contribution in [0.25, 0.3) is 0 Å². The van der Waals surface area contributed by atoms with E-state index in [0.717, 1.165) is 8.95 Å². The van der Waals surface area contributed by atoms with Crippen LogP contribution >= 0.6 is 31.9 Å². The zero-order valence-electron chi connectivity index (χ0n) is 11.3. The molecule has 0 unspecified atom stereocenters. The van der Waals surface area contributed by atoms with Crippen molar-refractivity contribution >= 4 is 49.3 Å². The Morgan fingerprint density at radius 1 is 1.19 bits per heavy atom. The monoisotopic (exact) mass is 414 g/mol. The van der Waals surface area contributed by atoms with Gasteiger partial charge in [0.05, 0.1) is 17.3 Å². The Labute approximate surface area is 138 Å². The number of methoxy groups -OCH3 is 1. The maximum Gasteiger partial charge on any atom is 0.276 e. The Balaban J connectivity index is 2.22. The zero-order chi connectivity index (χ0) is 15.4. The summed E-state index contributed by atoms with van der Waals surface area (Å²) < 4.78 is 6.71. The van der Waals surface area contributed by atoms with Gasteiger partial charge in [-0.1, -0.05) is 0 Å². The van der Waals surface area contributed by atoms with Crippen molar-refractivity contribution in [3.63, 3.8) is 0 Å². The van der Waals surface area contributed by atoms with Crippen LogP contribution in [0, 0.1) is 0 Å². The Morgan fingerprint density at radius 3 is 2.52 bits per heavy atom. The van der Waals surface area contributed by atoms with Gasteiger partial charge in [0.25, 0.3) is 5.91 Å². The summed E-state index contributed by atoms with van der Waals surface area (Å²) in [6, 6.07) is 6.78. The number of anilines is 2. The number of benzene rings is 1. The minimum Gasteiger partial charge on any atom is -0.495 e. The van der Waals surface area contributed by atoms with E-state index in [4.69, 9.17) is 4.74 Å². The molecule has 1 heterocycles. The van der Waals surface area contributed by atoms with Gasteiger partial charge in [-0.05, 0) is 50.1 Å². The summed E-state index contributed by atoms with van der Waals surface area (Å²) in [7, 11) is 3.29. The second-order valence-corrected chi connectivity index (χ2v) is 5.68. The number of nitrogens with one attached hydrogen (secondary N) is 2. The number of halogens is 2. The molecule has 0 radical (unpaired) electrons. The highest BCUT2D eigenvalue weighted by Gasteiger charge is 2.13. The van der Waals surface area contributed by atoms with Gasteiger partial charge in [0.1, 0.15) is 11.6 Å². The van der Waals surface area contributed by atoms with E-state index in [1.807, 2.05) is 0 Å². The van der Waals surface area contributed by atoms with Crippen LogP contribution in [0.3, 0.4) is 0 Å². The first-order chi connectivity index (χ1) is 10.0. The summed E-state index contributed by atoms with van der Waals surface area (Å²) in [6.45, 7) is 0. The number of hydrogen-bond acceptors (Lipinski definition) is 5. The van der Waals surface area contributed by atoms with Crippen LogP contribution in [0.4, 0.5) is 11.5 Å². The van der Waals surface area contributed by atoms with Crippen molar-refractivity contribution < 1.29 is 9.53 Å². The van der Waals surface area contributed by atoms with Crippen molar-refractivity contribution in [2.75, 3.05) is 24.8 Å². The maximum absolute atomic E-state index is 12.1. The molecule has 1 amide bonds. The molecule has 0 aliphatic rings. The van der Waals surface area contributed by atoms with E-state index >= 15 is 0 Å². The summed E-state index contributed by atoms with van der Waals surface area (Å²) in [5.74, 6) is 0.860. The van der Waals surface area contributed by atoms with Crippen molar-refractivity contribution in [3.05, 3.63) is 38.9 Å². The van der Waals surface area contributed by atoms with E-state index in [-0.39, 0.29) is 11.6 Å². The Kier molecular flexibility index (Phi) is 5.13. The van der Waals surface area contributed by atoms with Crippen LogP contribution in [0.1, 0.15) is 10.5 Å². The fourth-order valence-electron chi connectivity index (χ4n) is 1.55. The first kappa shape index (κ1) is 15.7. The minimum absolute atomic E-state index is 0.225. The smallest absolute Gasteiger partial charge is 0.276 e. The number of carbonyl (C=O) groups excluding carboxylic acids is 1. The molecule has 1 aromatic heterocycles. The lowest BCUT2D eigenvalue weighted by atomic mass is 10.3. The topological polar surface area (TPSA) is 76.1 Å². The van der Waals surface area contributed by atoms with Gasteiger partial charge in [-0.2, -0.15) is 0 Å². The van der Waals surface area contributed by atoms with Gasteiger partial charge in [0.2, 0.25) is 0 Å². The lowest BCUT2D eigenvalue weighted by Crippen LogP contribution is -2.15. The second-order valence-electron chi connectivity index (χ2n) is 3.97. The maximum atomic E-state index is 12.1. The van der Waals surface area contributed by atoms with Gasteiger partial charge < -0.3 is 15.4 Å². The van der Waals surface area contributed by atoms with Gasteiger partial charge in [0, 0.05) is 17.6 Å². The molecule has 0 aliphatic carbocycles. The van der Waals surface area contributed by atoms with E-state index in [2.05, 4.69) is 52.7 Å². The molecule has 0 aliphatic heterocycles. The SMILES string of the molecule is CNc1ccc(C(=O)Nc2cc(OC)c(Br)cc2Br)nn1. The molecule has 0 spiro atoms. The van der Waals surface area contributed by atoms with Gasteiger partial charge in [-0.15, -0.1) is 10.2 Å². The van der Waals surface area contributed by atoms with Crippen LogP contribution < -0.4 is 15.4 Å². The number of aromatic nitrogens is 2. The molecule has 0 atom stereocenters. The number of rotatable bonds is 4. The second kappa shape index (κ2) is 6.86. The molecule has 2 rings (SSSR count). The normalized spacial score (nSPS) is 10.1. The third kappa shape index (κ3) is 3.70. The molecule has 6 nitrogen and oxygen atoms in total. The molecule has 2 aromatic rings. The van der Waals surface area contributed by atoms with Crippen molar-refractivity contribution in [1.29, 1.82) is 0 Å². The predicted octanol–water partition coefficient (Wildman–Crippen LogP) is 3.30. The molecule has 1 aromatic carbocycles. The van der Waals surface area contributed by atoms with Crippen LogP contribution in [-0.4, -0.2) is 30.3 Å². The van der Waals surface area contributed by atoms with Crippen molar-refractivity contribution in [2.24, 2.45) is 0 Å². The Bertz CT molecular complexity index is 662. The van der Waals surface area contributed by atoms with Crippen LogP contribution in [0.15, 0.2) is 33.2 Å². The third-order valence-electron chi connectivity index (χ3n) is 2.64. The first-order valence-electron chi connectivity index (χ1n) is 5.91. The first-order valence-corrected chi connectivity index (χ1v) is 7.49. The fraction of sp³-hybridized carbons (Fsp3) is 0.154. The highest BCUT2D eigenvalue weighted by atomic mass is 79.9. The molecular weight excluding hydrogens is 404 g/mol. The van der Waals surface area contributed by atoms with Crippen LogP contribution in [-0.2, 0) is 0 Å². The molecule has 0 fully saturated rings. The minimum atomic E-state index is -0.352. The highest BCUT2D eigenvalue weighted by molar-refractivity contribution is 9.11. The van der Waals surface area contributed by atoms with Gasteiger partial charge >= 0.3 is 0 Å². The third-order valence-corrected chi connectivity index (χ3v) is 3.92. The summed E-state index contributed by atoms with van der Waals surface area (Å²) >= 11 is 6.76. The summed E-state index contributed by atoms with van der Waals surface area (Å²) in [4.78, 5) is 12.1. The average molecular weight is 416 g/mol. The quantitative estimate of drug-likeness (QED) is 0.801. The van der Waals surface area contributed by atoms with Crippen LogP contribution in [0.2, 0.25) is 0 Å². The Hall–Kier alpha value is -1.67. The van der Waals surface area contributed by atoms with E-state index < -0.39 is 0 Å². The van der Waals surface area contributed by atoms with Gasteiger partial charge in [0.15, 0.2) is 5.69 Å². The van der Waals surface area contributed by atoms with E-state index in [9.17, 15) is 4.79 Å². The zero-order valence-corrected chi connectivity index (χ0v) is 14.4. The van der Waals surface area contributed by atoms with Gasteiger partial charge in [-0.25, -0.2) is 0 Å². The summed E-state index contributed by atoms with van der Waals surface area (Å²) in [6.07, 6.45) is 0. The molecule has 21 heavy (non-hydrogen) atoms. The van der Waals surface area contributed by atoms with Crippen LogP contribution in [0.5, 0.6) is 5.75 Å². The molecule has 0 saturated heterocycles. The number of hydrogen-bond donors (Lipinski definition) is 2. The highest BCUT2D eigenvalue weighted by Crippen LogP contribution is 2.34. The predicted molar refractivity (Wildman–Crippen MR) is 87.9 cm³/mol. The van der Waals surface area contributed by atoms with E-state index in [1.165, 1.54) is 0 Å². The molecule has 2 N–H and O–H groups in total. The lowest BCUT2D eigenvalue weighted by Gasteiger charge is -2.10. The largest absolute Gasteiger partial charge is 0.495 e. The molecule has 0 saturated carbocycles. The average Bonchev–Trinajstić information content (AvgIpc) is 2.50. The summed E-state index contributed by atoms with van der Waals surface area (Å²) in [5, 5.41) is 13.3. The number of amides is 1. The molecule has 8 heteroatoms. The summed E-state index contributed by atoms with van der Waals surface area (Å²) in [5.41, 5.74) is 0.808. The number of nitrogens with zero attached hydrogens (tertiary/aromatic N) is 2. The molecule has 110 valence electrons. The van der Waals surface area contributed by atoms with Crippen molar-refractivity contribution in [2.45, 2.75) is 0 Å². The van der Waals surface area contributed by atoms with E-state index in [1.54, 1.807) is 38.4 Å². The van der Waals surface area contributed by atoms with Crippen molar-refractivity contribution in [1.82, 2.24) is 10.2 Å². The number of ether oxygens (including phenoxy) is 1. The standard InChI is InChI=1S/C13H12Br2N4O2/c1-16-12-4-3-9(18-19-12)13(20)17-10-6-11(21-2)8(15)5-7(10)14/h3-6H,1-2H3,(H,16,19)(H,17,20). The molecule has 0 bridgehead atoms. The van der Waals surface area contributed by atoms with Crippen molar-refractivity contribution in [3.8, 4) is 5.75 Å². The van der Waals surface area contributed by atoms with E-state index in [0.29, 0.717) is 17.3 Å². The number of carbonyl (C=O) groups is 1. The Morgan fingerprint density at radius 2 is 1.95 bits per heavy atom. The molecular formula is C13H12Br2N4O2. The lowest BCUT2D eigenvalue weighted by molar-refractivity contribution is 0.102.